The Bertz CT molecular complexity index is 1030. The number of rotatable bonds is 5. The summed E-state index contributed by atoms with van der Waals surface area (Å²) in [6, 6.07) is 7.14. The van der Waals surface area contributed by atoms with Crippen molar-refractivity contribution >= 4 is 39.9 Å². The van der Waals surface area contributed by atoms with Gasteiger partial charge in [-0.3, -0.25) is 9.59 Å². The Morgan fingerprint density at radius 2 is 1.94 bits per heavy atom. The molecule has 1 aromatic carbocycles. The van der Waals surface area contributed by atoms with Crippen molar-refractivity contribution in [3.8, 4) is 0 Å². The van der Waals surface area contributed by atoms with E-state index in [0.717, 1.165) is 18.4 Å². The number of urea groups is 1. The van der Waals surface area contributed by atoms with Crippen molar-refractivity contribution < 1.29 is 18.8 Å². The summed E-state index contributed by atoms with van der Waals surface area (Å²) in [5.74, 6) is -0.438. The lowest BCUT2D eigenvalue weighted by atomic mass is 9.96. The Kier molecular flexibility index (Phi) is 7.73. The highest BCUT2D eigenvalue weighted by Gasteiger charge is 2.28. The first-order chi connectivity index (χ1) is 15.5. The SMILES string of the molecule is Cc1cc(NC(=O)C(C)(C)C)sc1C(=O)N1CCCC(CNC(=O)Nc2cccc(F)c2)C1. The van der Waals surface area contributed by atoms with E-state index in [-0.39, 0.29) is 17.7 Å². The van der Waals surface area contributed by atoms with E-state index in [9.17, 15) is 18.8 Å². The van der Waals surface area contributed by atoms with Crippen LogP contribution < -0.4 is 16.0 Å². The first-order valence-electron chi connectivity index (χ1n) is 11.0. The molecule has 0 bridgehead atoms. The van der Waals surface area contributed by atoms with Crippen LogP contribution in [0, 0.1) is 24.1 Å². The molecule has 2 aromatic rings. The van der Waals surface area contributed by atoms with Gasteiger partial charge in [0.25, 0.3) is 5.91 Å². The summed E-state index contributed by atoms with van der Waals surface area (Å²) in [5.41, 5.74) is 0.704. The van der Waals surface area contributed by atoms with E-state index in [1.54, 1.807) is 6.07 Å². The lowest BCUT2D eigenvalue weighted by Gasteiger charge is -2.32. The third-order valence-electron chi connectivity index (χ3n) is 5.47. The van der Waals surface area contributed by atoms with E-state index in [1.165, 1.54) is 29.5 Å². The van der Waals surface area contributed by atoms with Crippen molar-refractivity contribution in [3.05, 3.63) is 46.6 Å². The normalized spacial score (nSPS) is 16.3. The van der Waals surface area contributed by atoms with E-state index in [4.69, 9.17) is 0 Å². The maximum atomic E-state index is 13.3. The van der Waals surface area contributed by atoms with Gasteiger partial charge < -0.3 is 20.9 Å². The number of benzene rings is 1. The second kappa shape index (κ2) is 10.3. The highest BCUT2D eigenvalue weighted by Crippen LogP contribution is 2.30. The summed E-state index contributed by atoms with van der Waals surface area (Å²) in [6.07, 6.45) is 1.75. The molecule has 1 unspecified atom stereocenters. The number of piperidine rings is 1. The topological polar surface area (TPSA) is 90.5 Å². The van der Waals surface area contributed by atoms with Gasteiger partial charge in [-0.05, 0) is 55.5 Å². The number of thiophene rings is 1. The molecule has 1 aliphatic rings. The van der Waals surface area contributed by atoms with Gasteiger partial charge >= 0.3 is 6.03 Å². The molecule has 1 aromatic heterocycles. The van der Waals surface area contributed by atoms with Crippen LogP contribution in [0.4, 0.5) is 19.9 Å². The molecule has 3 rings (SSSR count). The maximum absolute atomic E-state index is 13.3. The fourth-order valence-corrected chi connectivity index (χ4v) is 4.63. The number of hydrogen-bond acceptors (Lipinski definition) is 4. The van der Waals surface area contributed by atoms with Gasteiger partial charge in [0.2, 0.25) is 5.91 Å². The largest absolute Gasteiger partial charge is 0.338 e. The highest BCUT2D eigenvalue weighted by molar-refractivity contribution is 7.18. The second-order valence-corrected chi connectivity index (χ2v) is 10.5. The molecule has 4 amide bonds. The monoisotopic (exact) mass is 474 g/mol. The predicted octanol–water partition coefficient (Wildman–Crippen LogP) is 4.85. The van der Waals surface area contributed by atoms with E-state index in [2.05, 4.69) is 16.0 Å². The zero-order valence-electron chi connectivity index (χ0n) is 19.5. The predicted molar refractivity (Wildman–Crippen MR) is 129 cm³/mol. The van der Waals surface area contributed by atoms with Gasteiger partial charge in [0.1, 0.15) is 5.82 Å². The second-order valence-electron chi connectivity index (χ2n) is 9.43. The average Bonchev–Trinajstić information content (AvgIpc) is 3.11. The summed E-state index contributed by atoms with van der Waals surface area (Å²) in [7, 11) is 0. The van der Waals surface area contributed by atoms with Gasteiger partial charge in [0.05, 0.1) is 9.88 Å². The minimum absolute atomic E-state index is 0.0531. The van der Waals surface area contributed by atoms with Crippen LogP contribution in [0.15, 0.2) is 30.3 Å². The number of likely N-dealkylation sites (tertiary alicyclic amines) is 1. The van der Waals surface area contributed by atoms with Crippen molar-refractivity contribution in [2.45, 2.75) is 40.5 Å². The Morgan fingerprint density at radius 1 is 1.18 bits per heavy atom. The van der Waals surface area contributed by atoms with Gasteiger partial charge in [-0.25, -0.2) is 9.18 Å². The number of nitrogens with zero attached hydrogens (tertiary/aromatic N) is 1. The van der Waals surface area contributed by atoms with Crippen LogP contribution in [0.1, 0.15) is 48.8 Å². The number of nitrogens with one attached hydrogen (secondary N) is 3. The third-order valence-corrected chi connectivity index (χ3v) is 6.61. The van der Waals surface area contributed by atoms with Crippen LogP contribution in [0.5, 0.6) is 0 Å². The highest BCUT2D eigenvalue weighted by atomic mass is 32.1. The summed E-state index contributed by atoms with van der Waals surface area (Å²) in [4.78, 5) is 40.0. The van der Waals surface area contributed by atoms with Crippen LogP contribution in [0.3, 0.4) is 0 Å². The van der Waals surface area contributed by atoms with E-state index in [0.29, 0.717) is 35.2 Å². The summed E-state index contributed by atoms with van der Waals surface area (Å²) in [5, 5.41) is 8.99. The number of hydrogen-bond donors (Lipinski definition) is 3. The minimum atomic E-state index is -0.518. The summed E-state index contributed by atoms with van der Waals surface area (Å²) in [6.45, 7) is 9.02. The van der Waals surface area contributed by atoms with Crippen LogP contribution in [0.25, 0.3) is 0 Å². The molecule has 1 saturated heterocycles. The van der Waals surface area contributed by atoms with E-state index in [1.807, 2.05) is 38.7 Å². The minimum Gasteiger partial charge on any atom is -0.338 e. The number of anilines is 2. The molecule has 0 aliphatic carbocycles. The zero-order chi connectivity index (χ0) is 24.2. The quantitative estimate of drug-likeness (QED) is 0.578. The van der Waals surface area contributed by atoms with Gasteiger partial charge in [-0.15, -0.1) is 11.3 Å². The van der Waals surface area contributed by atoms with Crippen LogP contribution in [-0.4, -0.2) is 42.4 Å². The summed E-state index contributed by atoms with van der Waals surface area (Å²) < 4.78 is 13.3. The zero-order valence-corrected chi connectivity index (χ0v) is 20.3. The Balaban J connectivity index is 1.55. The number of carbonyl (C=O) groups excluding carboxylic acids is 3. The molecule has 2 heterocycles. The number of carbonyl (C=O) groups is 3. The van der Waals surface area contributed by atoms with E-state index < -0.39 is 17.3 Å². The van der Waals surface area contributed by atoms with Crippen molar-refractivity contribution in [2.24, 2.45) is 11.3 Å². The first-order valence-corrected chi connectivity index (χ1v) is 11.9. The fourth-order valence-electron chi connectivity index (χ4n) is 3.59. The van der Waals surface area contributed by atoms with Crippen molar-refractivity contribution in [2.75, 3.05) is 30.3 Å². The molecule has 33 heavy (non-hydrogen) atoms. The lowest BCUT2D eigenvalue weighted by Crippen LogP contribution is -2.44. The molecule has 0 radical (unpaired) electrons. The molecule has 1 atom stereocenters. The number of amides is 4. The Morgan fingerprint density at radius 3 is 2.64 bits per heavy atom. The molecule has 0 saturated carbocycles. The maximum Gasteiger partial charge on any atom is 0.319 e. The summed E-state index contributed by atoms with van der Waals surface area (Å²) >= 11 is 1.29. The standard InChI is InChI=1S/C24H31FN4O3S/c1-15-11-19(28-22(31)24(2,3)4)33-20(15)21(30)29-10-6-7-16(14-29)13-26-23(32)27-18-9-5-8-17(25)12-18/h5,8-9,11-12,16H,6-7,10,13-14H2,1-4H3,(H,28,31)(H2,26,27,32). The Hall–Kier alpha value is -2.94. The molecule has 1 fully saturated rings. The molecule has 3 N–H and O–H groups in total. The van der Waals surface area contributed by atoms with Crippen molar-refractivity contribution in [1.29, 1.82) is 0 Å². The number of halogens is 1. The van der Waals surface area contributed by atoms with Gasteiger partial charge in [0, 0.05) is 30.7 Å². The van der Waals surface area contributed by atoms with Gasteiger partial charge in [0.15, 0.2) is 0 Å². The van der Waals surface area contributed by atoms with Crippen LogP contribution in [-0.2, 0) is 4.79 Å². The molecule has 7 nitrogen and oxygen atoms in total. The lowest BCUT2D eigenvalue weighted by molar-refractivity contribution is -0.123. The fraction of sp³-hybridized carbons (Fsp3) is 0.458. The Labute approximate surface area is 197 Å². The molecular weight excluding hydrogens is 443 g/mol. The average molecular weight is 475 g/mol. The number of aryl methyl sites for hydroxylation is 1. The van der Waals surface area contributed by atoms with Crippen LogP contribution in [0.2, 0.25) is 0 Å². The van der Waals surface area contributed by atoms with Crippen molar-refractivity contribution in [1.82, 2.24) is 10.2 Å². The molecular formula is C24H31FN4O3S. The molecule has 1 aliphatic heterocycles. The molecule has 9 heteroatoms. The van der Waals surface area contributed by atoms with Gasteiger partial charge in [-0.1, -0.05) is 26.8 Å². The molecule has 178 valence electrons. The third kappa shape index (κ3) is 6.77. The van der Waals surface area contributed by atoms with Crippen molar-refractivity contribution in [3.63, 3.8) is 0 Å². The van der Waals surface area contributed by atoms with E-state index >= 15 is 0 Å². The smallest absolute Gasteiger partial charge is 0.319 e. The van der Waals surface area contributed by atoms with Gasteiger partial charge in [-0.2, -0.15) is 0 Å². The molecule has 0 spiro atoms. The first kappa shape index (κ1) is 24.7. The van der Waals surface area contributed by atoms with Crippen LogP contribution >= 0.6 is 11.3 Å².